The van der Waals surface area contributed by atoms with Gasteiger partial charge in [-0.2, -0.15) is 0 Å². The van der Waals surface area contributed by atoms with Gasteiger partial charge in [0, 0.05) is 5.92 Å². The molecular weight excluding hydrogens is 412 g/mol. The van der Waals surface area contributed by atoms with Crippen molar-refractivity contribution in [1.29, 1.82) is 0 Å². The van der Waals surface area contributed by atoms with E-state index in [1.165, 1.54) is 30.3 Å². The number of rotatable bonds is 3. The molecule has 1 N–H and O–H groups in total. The number of carbonyl (C=O) groups is 2. The van der Waals surface area contributed by atoms with Crippen molar-refractivity contribution < 1.29 is 23.5 Å². The van der Waals surface area contributed by atoms with Crippen molar-refractivity contribution in [2.75, 3.05) is 4.90 Å². The van der Waals surface area contributed by atoms with Crippen LogP contribution in [0.4, 0.5) is 14.5 Å². The number of imide groups is 1. The van der Waals surface area contributed by atoms with Crippen LogP contribution < -0.4 is 4.90 Å². The van der Waals surface area contributed by atoms with Crippen LogP contribution in [-0.4, -0.2) is 16.9 Å². The molecule has 2 aliphatic rings. The van der Waals surface area contributed by atoms with Crippen LogP contribution in [0.2, 0.25) is 5.02 Å². The topological polar surface area (TPSA) is 57.6 Å². The van der Waals surface area contributed by atoms with Crippen molar-refractivity contribution in [1.82, 2.24) is 0 Å². The zero-order valence-corrected chi connectivity index (χ0v) is 16.8. The molecule has 0 aromatic heterocycles. The molecule has 1 fully saturated rings. The Bertz CT molecular complexity index is 1130. The summed E-state index contributed by atoms with van der Waals surface area (Å²) in [6, 6.07) is 7.59. The summed E-state index contributed by atoms with van der Waals surface area (Å²) in [6.07, 6.45) is 3.72. The lowest BCUT2D eigenvalue weighted by molar-refractivity contribution is -0.127. The summed E-state index contributed by atoms with van der Waals surface area (Å²) >= 11 is 5.86. The Labute approximate surface area is 177 Å². The van der Waals surface area contributed by atoms with E-state index in [0.29, 0.717) is 17.6 Å². The lowest BCUT2D eigenvalue weighted by atomic mass is 9.60. The number of halogens is 3. The molecule has 2 aromatic carbocycles. The minimum atomic E-state index is -1.22. The second-order valence-electron chi connectivity index (χ2n) is 7.70. The fourth-order valence-electron chi connectivity index (χ4n) is 4.60. The summed E-state index contributed by atoms with van der Waals surface area (Å²) in [6.45, 7) is 5.48. The summed E-state index contributed by atoms with van der Waals surface area (Å²) < 4.78 is 27.7. The van der Waals surface area contributed by atoms with E-state index in [1.54, 1.807) is 13.0 Å². The lowest BCUT2D eigenvalue weighted by Gasteiger charge is -2.40. The molecule has 30 heavy (non-hydrogen) atoms. The van der Waals surface area contributed by atoms with Crippen LogP contribution in [0.25, 0.3) is 0 Å². The Morgan fingerprint density at radius 1 is 1.20 bits per heavy atom. The van der Waals surface area contributed by atoms with Gasteiger partial charge in [0.15, 0.2) is 11.6 Å². The number of hydrogen-bond donors (Lipinski definition) is 1. The van der Waals surface area contributed by atoms with Gasteiger partial charge in [0.1, 0.15) is 5.82 Å². The molecule has 0 unspecified atom stereocenters. The zero-order valence-electron chi connectivity index (χ0n) is 16.0. The van der Waals surface area contributed by atoms with Crippen molar-refractivity contribution in [3.63, 3.8) is 0 Å². The van der Waals surface area contributed by atoms with Gasteiger partial charge in [-0.15, -0.1) is 0 Å². The molecule has 4 rings (SSSR count). The fourth-order valence-corrected chi connectivity index (χ4v) is 4.78. The molecule has 2 amide bonds. The second-order valence-corrected chi connectivity index (χ2v) is 8.11. The number of allylic oxidation sites excluding steroid dienone is 3. The second kappa shape index (κ2) is 7.06. The Morgan fingerprint density at radius 2 is 1.93 bits per heavy atom. The molecule has 1 aliphatic carbocycles. The molecule has 1 saturated heterocycles. The summed E-state index contributed by atoms with van der Waals surface area (Å²) in [5.41, 5.74) is 0.102. The predicted octanol–water partition coefficient (Wildman–Crippen LogP) is 5.12. The van der Waals surface area contributed by atoms with Gasteiger partial charge in [0.2, 0.25) is 11.8 Å². The first kappa shape index (κ1) is 20.3. The number of aromatic hydroxyl groups is 1. The SMILES string of the molecule is C=CC1=CC[C@H]2C(=O)N(c3ccc(F)c(Cl)c3)C(=O)[C@@]2(C)[C@H]1c1ccc(O)c(F)c1. The third kappa shape index (κ3) is 2.78. The molecule has 0 spiro atoms. The van der Waals surface area contributed by atoms with E-state index in [1.807, 2.05) is 6.08 Å². The van der Waals surface area contributed by atoms with Gasteiger partial charge in [0.05, 0.1) is 22.0 Å². The Hall–Kier alpha value is -2.99. The first-order valence-electron chi connectivity index (χ1n) is 9.34. The van der Waals surface area contributed by atoms with Crippen LogP contribution in [0, 0.1) is 23.0 Å². The van der Waals surface area contributed by atoms with Crippen LogP contribution in [0.3, 0.4) is 0 Å². The van der Waals surface area contributed by atoms with Gasteiger partial charge in [-0.1, -0.05) is 36.4 Å². The first-order chi connectivity index (χ1) is 14.2. The maximum Gasteiger partial charge on any atom is 0.241 e. The average molecular weight is 430 g/mol. The summed E-state index contributed by atoms with van der Waals surface area (Å²) in [4.78, 5) is 27.9. The van der Waals surface area contributed by atoms with Crippen LogP contribution in [-0.2, 0) is 9.59 Å². The van der Waals surface area contributed by atoms with Crippen molar-refractivity contribution in [2.45, 2.75) is 19.3 Å². The molecule has 0 saturated carbocycles. The Kier molecular flexibility index (Phi) is 4.77. The molecule has 3 atom stereocenters. The lowest BCUT2D eigenvalue weighted by Crippen LogP contribution is -2.41. The van der Waals surface area contributed by atoms with Crippen molar-refractivity contribution in [3.05, 3.63) is 82.9 Å². The molecule has 0 bridgehead atoms. The number of anilines is 1. The quantitative estimate of drug-likeness (QED) is 0.689. The highest BCUT2D eigenvalue weighted by molar-refractivity contribution is 6.31. The standard InChI is InChI=1S/C23H18ClF2NO3/c1-3-12-4-7-15-21(29)27(14-6-8-17(25)16(24)11-14)22(30)23(15,2)20(12)13-5-9-19(28)18(26)10-13/h3-6,8-11,15,20,28H,1,7H2,2H3/t15-,20+,23+/m0/s1. The van der Waals surface area contributed by atoms with Gasteiger partial charge in [0.25, 0.3) is 0 Å². The molecule has 4 nitrogen and oxygen atoms in total. The molecule has 0 radical (unpaired) electrons. The molecular formula is C23H18ClF2NO3. The van der Waals surface area contributed by atoms with E-state index in [2.05, 4.69) is 6.58 Å². The molecule has 154 valence electrons. The van der Waals surface area contributed by atoms with Crippen LogP contribution in [0.15, 0.2) is 60.7 Å². The maximum absolute atomic E-state index is 14.1. The number of hydrogen-bond acceptors (Lipinski definition) is 3. The van der Waals surface area contributed by atoms with E-state index < -0.39 is 46.4 Å². The predicted molar refractivity (Wildman–Crippen MR) is 109 cm³/mol. The van der Waals surface area contributed by atoms with E-state index in [-0.39, 0.29) is 10.7 Å². The van der Waals surface area contributed by atoms with Gasteiger partial charge >= 0.3 is 0 Å². The zero-order chi connectivity index (χ0) is 21.8. The first-order valence-corrected chi connectivity index (χ1v) is 9.72. The maximum atomic E-state index is 14.1. The monoisotopic (exact) mass is 429 g/mol. The van der Waals surface area contributed by atoms with Crippen molar-refractivity contribution in [2.24, 2.45) is 11.3 Å². The van der Waals surface area contributed by atoms with E-state index >= 15 is 0 Å². The average Bonchev–Trinajstić information content (AvgIpc) is 2.91. The number of phenolic OH excluding ortho intramolecular Hbond substituents is 1. The van der Waals surface area contributed by atoms with E-state index in [9.17, 15) is 23.5 Å². The fraction of sp³-hybridized carbons (Fsp3) is 0.217. The van der Waals surface area contributed by atoms with Gasteiger partial charge < -0.3 is 5.11 Å². The molecule has 2 aromatic rings. The third-order valence-electron chi connectivity index (χ3n) is 6.13. The number of fused-ring (bicyclic) bond motifs is 1. The highest BCUT2D eigenvalue weighted by Crippen LogP contribution is 2.57. The van der Waals surface area contributed by atoms with Gasteiger partial charge in [-0.05, 0) is 54.8 Å². The van der Waals surface area contributed by atoms with E-state index in [4.69, 9.17) is 11.6 Å². The number of carbonyl (C=O) groups excluding carboxylic acids is 2. The summed E-state index contributed by atoms with van der Waals surface area (Å²) in [7, 11) is 0. The van der Waals surface area contributed by atoms with Gasteiger partial charge in [-0.25, -0.2) is 13.7 Å². The number of amides is 2. The Balaban J connectivity index is 1.87. The largest absolute Gasteiger partial charge is 0.505 e. The third-order valence-corrected chi connectivity index (χ3v) is 6.42. The number of benzene rings is 2. The van der Waals surface area contributed by atoms with Crippen molar-refractivity contribution in [3.8, 4) is 5.75 Å². The molecule has 1 heterocycles. The summed E-state index contributed by atoms with van der Waals surface area (Å²) in [5.74, 6) is -4.23. The van der Waals surface area contributed by atoms with E-state index in [0.717, 1.165) is 11.0 Å². The van der Waals surface area contributed by atoms with Crippen LogP contribution in [0.5, 0.6) is 5.75 Å². The van der Waals surface area contributed by atoms with Crippen LogP contribution in [0.1, 0.15) is 24.8 Å². The van der Waals surface area contributed by atoms with Crippen LogP contribution >= 0.6 is 11.6 Å². The van der Waals surface area contributed by atoms with Gasteiger partial charge in [-0.3, -0.25) is 9.59 Å². The normalized spacial score (nSPS) is 25.9. The summed E-state index contributed by atoms with van der Waals surface area (Å²) in [5, 5.41) is 9.37. The smallest absolute Gasteiger partial charge is 0.241 e. The highest BCUT2D eigenvalue weighted by atomic mass is 35.5. The number of nitrogens with zero attached hydrogens (tertiary/aromatic N) is 1. The Morgan fingerprint density at radius 3 is 2.57 bits per heavy atom. The highest BCUT2D eigenvalue weighted by Gasteiger charge is 2.62. The molecule has 1 aliphatic heterocycles. The van der Waals surface area contributed by atoms with Crippen molar-refractivity contribution >= 4 is 29.1 Å². The minimum Gasteiger partial charge on any atom is -0.505 e. The molecule has 7 heteroatoms. The minimum absolute atomic E-state index is 0.183. The number of phenols is 1.